The van der Waals surface area contributed by atoms with E-state index < -0.39 is 0 Å². The molecule has 0 aliphatic heterocycles. The monoisotopic (exact) mass is 841 g/mol. The number of benzene rings is 1. The molecule has 0 radical (unpaired) electrons. The number of pyridine rings is 5. The van der Waals surface area contributed by atoms with E-state index in [-0.39, 0.29) is 78.7 Å². The Labute approximate surface area is 356 Å². The first-order valence-corrected chi connectivity index (χ1v) is 18.9. The number of hydrogen-bond donors (Lipinski definition) is 0. The molecule has 1 aromatic carbocycles. The molecule has 8 rings (SSSR count). The van der Waals surface area contributed by atoms with Crippen molar-refractivity contribution in [3.05, 3.63) is 154 Å². The molecule has 7 aromatic heterocycles. The van der Waals surface area contributed by atoms with Gasteiger partial charge in [0.1, 0.15) is 79.3 Å². The van der Waals surface area contributed by atoms with Crippen LogP contribution in [0.25, 0.3) is 16.7 Å². The number of carbonyl (C=O) groups excluding carboxylic acids is 3. The number of nitriles is 2. The lowest BCUT2D eigenvalue weighted by molar-refractivity contribution is 0.110. The Balaban J connectivity index is 0.859. The van der Waals surface area contributed by atoms with Crippen LogP contribution in [0.4, 0.5) is 0 Å². The van der Waals surface area contributed by atoms with E-state index in [9.17, 15) is 24.9 Å². The SMILES string of the molecule is Cc1ccc(OCc2ccc(COc3cc(C=O)c(OCc4cnc(COc5cc(C=O)c(OCc6cc(C#N)cn7ccnc67)cn5)c(C#N)c4)cn3)c3ocnc23)c(C=O)n1. The Morgan fingerprint density at radius 2 is 1.38 bits per heavy atom. The molecule has 0 N–H and O–H groups in total. The smallest absolute Gasteiger partial charge is 0.214 e. The fourth-order valence-electron chi connectivity index (χ4n) is 6.38. The molecule has 18 nitrogen and oxygen atoms in total. The van der Waals surface area contributed by atoms with Gasteiger partial charge in [0.05, 0.1) is 40.3 Å². The van der Waals surface area contributed by atoms with E-state index in [0.29, 0.717) is 75.0 Å². The second-order valence-electron chi connectivity index (χ2n) is 13.6. The Morgan fingerprint density at radius 3 is 2.11 bits per heavy atom. The molecule has 310 valence electrons. The fourth-order valence-corrected chi connectivity index (χ4v) is 6.38. The molecule has 7 heterocycles. The highest BCUT2D eigenvalue weighted by Crippen LogP contribution is 2.28. The summed E-state index contributed by atoms with van der Waals surface area (Å²) in [6.07, 6.45) is 12.4. The molecule has 0 spiro atoms. The lowest BCUT2D eigenvalue weighted by atomic mass is 10.1. The molecule has 0 aliphatic rings. The van der Waals surface area contributed by atoms with Crippen LogP contribution in [-0.2, 0) is 33.0 Å². The lowest BCUT2D eigenvalue weighted by Crippen LogP contribution is -2.07. The fraction of sp³-hybridized carbons (Fsp3) is 0.133. The molecule has 0 saturated heterocycles. The predicted octanol–water partition coefficient (Wildman–Crippen LogP) is 6.44. The van der Waals surface area contributed by atoms with Gasteiger partial charge in [0.15, 0.2) is 30.8 Å². The highest BCUT2D eigenvalue weighted by atomic mass is 16.5. The molecule has 0 fully saturated rings. The number of aromatic nitrogens is 7. The predicted molar refractivity (Wildman–Crippen MR) is 218 cm³/mol. The Hall–Kier alpha value is -9.03. The second kappa shape index (κ2) is 18.5. The van der Waals surface area contributed by atoms with E-state index in [0.717, 1.165) is 5.56 Å². The van der Waals surface area contributed by atoms with Crippen LogP contribution in [0.15, 0.2) is 96.5 Å². The maximum absolute atomic E-state index is 12.1. The minimum atomic E-state index is -0.134. The average molecular weight is 842 g/mol. The van der Waals surface area contributed by atoms with Crippen molar-refractivity contribution in [3.8, 4) is 41.1 Å². The van der Waals surface area contributed by atoms with Crippen LogP contribution in [0.5, 0.6) is 29.0 Å². The molecule has 63 heavy (non-hydrogen) atoms. The third-order valence-corrected chi connectivity index (χ3v) is 9.52. The van der Waals surface area contributed by atoms with Crippen LogP contribution in [0.2, 0.25) is 0 Å². The number of aldehydes is 3. The molecular formula is C45H31N9O9. The molecule has 0 bridgehead atoms. The maximum atomic E-state index is 12.1. The van der Waals surface area contributed by atoms with Crippen LogP contribution in [-0.4, -0.2) is 53.2 Å². The van der Waals surface area contributed by atoms with E-state index >= 15 is 0 Å². The van der Waals surface area contributed by atoms with Crippen molar-refractivity contribution in [2.45, 2.75) is 40.0 Å². The summed E-state index contributed by atoms with van der Waals surface area (Å²) in [5.41, 5.74) is 6.42. The molecule has 0 amide bonds. The number of nitrogens with zero attached hydrogens (tertiary/aromatic N) is 9. The van der Waals surface area contributed by atoms with E-state index in [1.54, 1.807) is 60.2 Å². The maximum Gasteiger partial charge on any atom is 0.214 e. The number of aryl methyl sites for hydroxylation is 1. The Kier molecular flexibility index (Phi) is 12.0. The van der Waals surface area contributed by atoms with Crippen molar-refractivity contribution in [1.29, 1.82) is 10.5 Å². The third-order valence-electron chi connectivity index (χ3n) is 9.52. The summed E-state index contributed by atoms with van der Waals surface area (Å²) in [5, 5.41) is 19.3. The van der Waals surface area contributed by atoms with Crippen molar-refractivity contribution < 1.29 is 42.5 Å². The quantitative estimate of drug-likeness (QED) is 0.0844. The van der Waals surface area contributed by atoms with Crippen molar-refractivity contribution >= 4 is 35.6 Å². The standard InChI is InChI=1S/C45H31N9O9/c1-27-2-5-38(36(20-57)53-27)59-22-30-3-4-31(44-43(30)52-26-63-44)23-61-41-10-33(18-55)39(15-50-41)58-21-29-9-32(13-47)37(49-14-29)25-62-42-11-34(19-56)40(16-51-42)60-24-35-8-28(12-46)17-54-7-6-48-45(35)54/h2-11,14-20,26H,21-25H2,1H3. The van der Waals surface area contributed by atoms with Gasteiger partial charge in [0, 0.05) is 64.9 Å². The highest BCUT2D eigenvalue weighted by molar-refractivity contribution is 5.81. The topological polar surface area (TPSA) is 240 Å². The van der Waals surface area contributed by atoms with Gasteiger partial charge in [0.25, 0.3) is 0 Å². The molecule has 0 unspecified atom stereocenters. The number of carbonyl (C=O) groups is 3. The normalized spacial score (nSPS) is 10.8. The molecule has 0 saturated carbocycles. The molecule has 0 aliphatic carbocycles. The zero-order chi connectivity index (χ0) is 43.7. The number of oxazole rings is 1. The van der Waals surface area contributed by atoms with Crippen LogP contribution in [0.3, 0.4) is 0 Å². The molecule has 18 heteroatoms. The molecule has 8 aromatic rings. The van der Waals surface area contributed by atoms with Gasteiger partial charge >= 0.3 is 0 Å². The van der Waals surface area contributed by atoms with Gasteiger partial charge in [-0.25, -0.2) is 24.9 Å². The van der Waals surface area contributed by atoms with Gasteiger partial charge in [-0.15, -0.1) is 0 Å². The summed E-state index contributed by atoms with van der Waals surface area (Å²) in [7, 11) is 0. The average Bonchev–Trinajstić information content (AvgIpc) is 4.02. The van der Waals surface area contributed by atoms with E-state index in [2.05, 4.69) is 42.0 Å². The first-order valence-electron chi connectivity index (χ1n) is 18.9. The lowest BCUT2D eigenvalue weighted by Gasteiger charge is -2.13. The van der Waals surface area contributed by atoms with E-state index in [1.165, 1.54) is 37.1 Å². The molecular weight excluding hydrogens is 811 g/mol. The summed E-state index contributed by atoms with van der Waals surface area (Å²) in [6.45, 7) is 1.79. The number of ether oxygens (including phenoxy) is 5. The van der Waals surface area contributed by atoms with Gasteiger partial charge in [-0.2, -0.15) is 10.5 Å². The number of imidazole rings is 1. The zero-order valence-corrected chi connectivity index (χ0v) is 33.1. The first kappa shape index (κ1) is 40.7. The summed E-state index contributed by atoms with van der Waals surface area (Å²) in [5.74, 6) is 0.992. The largest absolute Gasteiger partial charge is 0.486 e. The Bertz CT molecular complexity index is 3110. The van der Waals surface area contributed by atoms with Gasteiger partial charge in [0.2, 0.25) is 11.8 Å². The zero-order valence-electron chi connectivity index (χ0n) is 33.1. The first-order chi connectivity index (χ1) is 30.9. The second-order valence-corrected chi connectivity index (χ2v) is 13.6. The van der Waals surface area contributed by atoms with Crippen LogP contribution < -0.4 is 23.7 Å². The van der Waals surface area contributed by atoms with Crippen molar-refractivity contribution in [3.63, 3.8) is 0 Å². The van der Waals surface area contributed by atoms with Crippen molar-refractivity contribution in [2.75, 3.05) is 0 Å². The number of fused-ring (bicyclic) bond motifs is 2. The van der Waals surface area contributed by atoms with E-state index in [1.807, 2.05) is 6.07 Å². The van der Waals surface area contributed by atoms with Crippen LogP contribution in [0, 0.1) is 29.6 Å². The summed E-state index contributed by atoms with van der Waals surface area (Å²) >= 11 is 0. The Morgan fingerprint density at radius 1 is 0.683 bits per heavy atom. The minimum absolute atomic E-state index is 0.0282. The summed E-state index contributed by atoms with van der Waals surface area (Å²) in [4.78, 5) is 61.3. The van der Waals surface area contributed by atoms with Gasteiger partial charge < -0.3 is 32.5 Å². The minimum Gasteiger partial charge on any atom is -0.486 e. The van der Waals surface area contributed by atoms with Crippen LogP contribution in [0.1, 0.15) is 76.0 Å². The van der Waals surface area contributed by atoms with Gasteiger partial charge in [-0.05, 0) is 31.2 Å². The van der Waals surface area contributed by atoms with Gasteiger partial charge in [-0.1, -0.05) is 12.1 Å². The van der Waals surface area contributed by atoms with Gasteiger partial charge in [-0.3, -0.25) is 19.4 Å². The number of rotatable bonds is 18. The summed E-state index contributed by atoms with van der Waals surface area (Å²) < 4.78 is 36.7. The third kappa shape index (κ3) is 9.10. The highest BCUT2D eigenvalue weighted by Gasteiger charge is 2.16. The van der Waals surface area contributed by atoms with Crippen LogP contribution >= 0.6 is 0 Å². The van der Waals surface area contributed by atoms with Crippen molar-refractivity contribution in [2.24, 2.45) is 0 Å². The number of hydrogen-bond acceptors (Lipinski definition) is 17. The molecule has 0 atom stereocenters. The van der Waals surface area contributed by atoms with E-state index in [4.69, 9.17) is 28.1 Å². The summed E-state index contributed by atoms with van der Waals surface area (Å²) in [6, 6.07) is 17.4. The van der Waals surface area contributed by atoms with Crippen molar-refractivity contribution in [1.82, 2.24) is 34.3 Å².